The second-order valence-corrected chi connectivity index (χ2v) is 6.70. The Morgan fingerprint density at radius 3 is 2.88 bits per heavy atom. The highest BCUT2D eigenvalue weighted by molar-refractivity contribution is 5.93. The molecule has 3 N–H and O–H groups in total. The molecule has 134 valence electrons. The third-order valence-electron chi connectivity index (χ3n) is 4.89. The Balaban J connectivity index is 1.72. The number of aromatic nitrogens is 1. The van der Waals surface area contributed by atoms with Gasteiger partial charge in [0.25, 0.3) is 0 Å². The van der Waals surface area contributed by atoms with Crippen LogP contribution >= 0.6 is 0 Å². The molecule has 0 bridgehead atoms. The Labute approximate surface area is 152 Å². The lowest BCUT2D eigenvalue weighted by Crippen LogP contribution is -2.24. The van der Waals surface area contributed by atoms with Crippen molar-refractivity contribution < 1.29 is 4.39 Å². The van der Waals surface area contributed by atoms with Crippen molar-refractivity contribution in [3.05, 3.63) is 65.5 Å². The Morgan fingerprint density at radius 2 is 2.00 bits per heavy atom. The monoisotopic (exact) mass is 350 g/mol. The van der Waals surface area contributed by atoms with Crippen LogP contribution in [0, 0.1) is 5.82 Å². The van der Waals surface area contributed by atoms with Gasteiger partial charge in [0.2, 0.25) is 0 Å². The highest BCUT2D eigenvalue weighted by atomic mass is 19.1. The van der Waals surface area contributed by atoms with Crippen molar-refractivity contribution in [1.29, 1.82) is 0 Å². The molecule has 0 aliphatic carbocycles. The summed E-state index contributed by atoms with van der Waals surface area (Å²) in [7, 11) is 0. The fraction of sp³-hybridized carbons (Fsp3) is 0.286. The van der Waals surface area contributed by atoms with Crippen LogP contribution < -0.4 is 16.0 Å². The molecule has 0 saturated carbocycles. The lowest BCUT2D eigenvalue weighted by Gasteiger charge is -2.23. The van der Waals surface area contributed by atoms with Gasteiger partial charge in [-0.25, -0.2) is 9.37 Å². The van der Waals surface area contributed by atoms with Gasteiger partial charge in [-0.2, -0.15) is 0 Å². The third-order valence-corrected chi connectivity index (χ3v) is 4.89. The molecule has 4 rings (SSSR count). The number of pyridine rings is 1. The number of fused-ring (bicyclic) bond motifs is 2. The van der Waals surface area contributed by atoms with Crippen molar-refractivity contribution >= 4 is 22.4 Å². The number of anilines is 2. The maximum Gasteiger partial charge on any atom is 0.131 e. The van der Waals surface area contributed by atoms with Crippen LogP contribution in [0.2, 0.25) is 0 Å². The van der Waals surface area contributed by atoms with E-state index in [1.807, 2.05) is 24.3 Å². The van der Waals surface area contributed by atoms with Crippen molar-refractivity contribution in [2.75, 3.05) is 29.9 Å². The summed E-state index contributed by atoms with van der Waals surface area (Å²) in [6.45, 7) is 2.94. The summed E-state index contributed by atoms with van der Waals surface area (Å²) in [4.78, 5) is 7.16. The van der Waals surface area contributed by atoms with Crippen LogP contribution in [0.25, 0.3) is 10.9 Å². The van der Waals surface area contributed by atoms with Gasteiger partial charge in [-0.1, -0.05) is 24.3 Å². The number of hydrogen-bond acceptors (Lipinski definition) is 4. The zero-order valence-corrected chi connectivity index (χ0v) is 14.7. The second kappa shape index (κ2) is 7.30. The molecule has 1 aromatic heterocycles. The van der Waals surface area contributed by atoms with E-state index >= 15 is 0 Å². The molecule has 4 nitrogen and oxygen atoms in total. The summed E-state index contributed by atoms with van der Waals surface area (Å²) < 4.78 is 13.5. The van der Waals surface area contributed by atoms with E-state index in [-0.39, 0.29) is 5.82 Å². The number of halogens is 1. The Morgan fingerprint density at radius 1 is 1.12 bits per heavy atom. The van der Waals surface area contributed by atoms with Crippen LogP contribution in [0.3, 0.4) is 0 Å². The minimum Gasteiger partial charge on any atom is -0.383 e. The molecule has 26 heavy (non-hydrogen) atoms. The summed E-state index contributed by atoms with van der Waals surface area (Å²) in [6, 6.07) is 15.4. The van der Waals surface area contributed by atoms with Gasteiger partial charge < -0.3 is 16.0 Å². The zero-order chi connectivity index (χ0) is 17.9. The van der Waals surface area contributed by atoms with Gasteiger partial charge in [-0.15, -0.1) is 0 Å². The van der Waals surface area contributed by atoms with Crippen LogP contribution in [0.1, 0.15) is 17.5 Å². The molecular formula is C21H23FN4. The number of aryl methyl sites for hydroxylation is 1. The topological polar surface area (TPSA) is 54.2 Å². The quantitative estimate of drug-likeness (QED) is 0.753. The molecule has 0 saturated heterocycles. The molecule has 2 heterocycles. The molecule has 3 aromatic rings. The molecule has 1 aliphatic heterocycles. The minimum absolute atomic E-state index is 0.158. The summed E-state index contributed by atoms with van der Waals surface area (Å²) in [6.07, 6.45) is 1.88. The van der Waals surface area contributed by atoms with Gasteiger partial charge in [-0.05, 0) is 42.2 Å². The average Bonchev–Trinajstić information content (AvgIpc) is 2.88. The number of rotatable bonds is 4. The number of hydrogen-bond donors (Lipinski definition) is 2. The molecule has 0 spiro atoms. The summed E-state index contributed by atoms with van der Waals surface area (Å²) in [5.74, 6) is 0.787. The standard InChI is InChI=1S/C21H23FN4/c22-17-8-7-16-14-26(11-3-4-15(16)12-17)21-13-20(24-10-9-23)18-5-1-2-6-19(18)25-21/h1-2,5-8,12-13H,3-4,9-11,14,23H2,(H,24,25). The van der Waals surface area contributed by atoms with Crippen LogP contribution in [0.5, 0.6) is 0 Å². The highest BCUT2D eigenvalue weighted by Crippen LogP contribution is 2.30. The zero-order valence-electron chi connectivity index (χ0n) is 14.7. The molecule has 0 amide bonds. The lowest BCUT2D eigenvalue weighted by molar-refractivity contribution is 0.624. The van der Waals surface area contributed by atoms with Gasteiger partial charge in [0, 0.05) is 43.3 Å². The predicted molar refractivity (Wildman–Crippen MR) is 105 cm³/mol. The fourth-order valence-electron chi connectivity index (χ4n) is 3.60. The minimum atomic E-state index is -0.158. The maximum atomic E-state index is 13.5. The molecule has 0 radical (unpaired) electrons. The normalized spacial score (nSPS) is 14.2. The third kappa shape index (κ3) is 3.35. The smallest absolute Gasteiger partial charge is 0.131 e. The van der Waals surface area contributed by atoms with Crippen LogP contribution in [0.15, 0.2) is 48.5 Å². The van der Waals surface area contributed by atoms with E-state index in [2.05, 4.69) is 22.3 Å². The Hall–Kier alpha value is -2.66. The van der Waals surface area contributed by atoms with Gasteiger partial charge >= 0.3 is 0 Å². The van der Waals surface area contributed by atoms with E-state index in [0.29, 0.717) is 6.54 Å². The summed E-state index contributed by atoms with van der Waals surface area (Å²) in [5, 5.41) is 4.52. The van der Waals surface area contributed by atoms with Crippen LogP contribution in [-0.4, -0.2) is 24.6 Å². The van der Waals surface area contributed by atoms with Crippen molar-refractivity contribution in [3.8, 4) is 0 Å². The maximum absolute atomic E-state index is 13.5. The summed E-state index contributed by atoms with van der Waals surface area (Å²) in [5.41, 5.74) is 9.97. The highest BCUT2D eigenvalue weighted by Gasteiger charge is 2.17. The SMILES string of the molecule is NCCNc1cc(N2CCCc3cc(F)ccc3C2)nc2ccccc12. The predicted octanol–water partition coefficient (Wildman–Crippen LogP) is 3.70. The molecule has 5 heteroatoms. The van der Waals surface area contributed by atoms with E-state index in [1.54, 1.807) is 12.1 Å². The summed E-state index contributed by atoms with van der Waals surface area (Å²) >= 11 is 0. The van der Waals surface area contributed by atoms with Gasteiger partial charge in [0.1, 0.15) is 11.6 Å². The van der Waals surface area contributed by atoms with E-state index in [9.17, 15) is 4.39 Å². The molecule has 1 aliphatic rings. The van der Waals surface area contributed by atoms with Crippen molar-refractivity contribution in [2.24, 2.45) is 5.73 Å². The number of nitrogens with one attached hydrogen (secondary N) is 1. The molecule has 0 unspecified atom stereocenters. The first-order chi connectivity index (χ1) is 12.7. The van der Waals surface area contributed by atoms with E-state index in [0.717, 1.165) is 60.4 Å². The van der Waals surface area contributed by atoms with E-state index < -0.39 is 0 Å². The van der Waals surface area contributed by atoms with Gasteiger partial charge in [0.05, 0.1) is 5.52 Å². The molecule has 2 aromatic carbocycles. The van der Waals surface area contributed by atoms with Gasteiger partial charge in [-0.3, -0.25) is 0 Å². The van der Waals surface area contributed by atoms with Crippen LogP contribution in [-0.2, 0) is 13.0 Å². The van der Waals surface area contributed by atoms with Crippen molar-refractivity contribution in [3.63, 3.8) is 0 Å². The molecule has 0 atom stereocenters. The largest absolute Gasteiger partial charge is 0.383 e. The van der Waals surface area contributed by atoms with Crippen molar-refractivity contribution in [1.82, 2.24) is 4.98 Å². The Bertz CT molecular complexity index is 925. The van der Waals surface area contributed by atoms with E-state index in [4.69, 9.17) is 10.7 Å². The Kier molecular flexibility index (Phi) is 4.71. The van der Waals surface area contributed by atoms with Crippen molar-refractivity contribution in [2.45, 2.75) is 19.4 Å². The number of para-hydroxylation sites is 1. The first-order valence-electron chi connectivity index (χ1n) is 9.10. The first kappa shape index (κ1) is 16.8. The molecular weight excluding hydrogens is 327 g/mol. The number of nitrogens with zero attached hydrogens (tertiary/aromatic N) is 2. The number of benzene rings is 2. The number of nitrogens with two attached hydrogens (primary N) is 1. The fourth-order valence-corrected chi connectivity index (χ4v) is 3.60. The van der Waals surface area contributed by atoms with E-state index in [1.165, 1.54) is 5.56 Å². The second-order valence-electron chi connectivity index (χ2n) is 6.70. The lowest BCUT2D eigenvalue weighted by atomic mass is 10.0. The van der Waals surface area contributed by atoms with Crippen LogP contribution in [0.4, 0.5) is 15.9 Å². The first-order valence-corrected chi connectivity index (χ1v) is 9.10. The molecule has 0 fully saturated rings. The van der Waals surface area contributed by atoms with Gasteiger partial charge in [0.15, 0.2) is 0 Å². The average molecular weight is 350 g/mol.